The fraction of sp³-hybridized carbons (Fsp3) is 0.412. The average molecular weight is 316 g/mol. The van der Waals surface area contributed by atoms with E-state index in [0.717, 1.165) is 28.3 Å². The minimum atomic E-state index is -0.0363. The smallest absolute Gasteiger partial charge is 0.224 e. The highest BCUT2D eigenvalue weighted by atomic mass is 16.5. The number of nitrogens with one attached hydrogen (secondary N) is 1. The molecule has 0 spiro atoms. The van der Waals surface area contributed by atoms with Gasteiger partial charge < -0.3 is 15.8 Å². The first-order valence-corrected chi connectivity index (χ1v) is 7.69. The average Bonchev–Trinajstić information content (AvgIpc) is 2.79. The molecule has 0 unspecified atom stereocenters. The summed E-state index contributed by atoms with van der Waals surface area (Å²) >= 11 is 0. The Morgan fingerprint density at radius 2 is 2.09 bits per heavy atom. The molecule has 0 saturated carbocycles. The van der Waals surface area contributed by atoms with Crippen LogP contribution in [-0.4, -0.2) is 29.4 Å². The van der Waals surface area contributed by atoms with E-state index in [1.807, 2.05) is 42.8 Å². The summed E-state index contributed by atoms with van der Waals surface area (Å²) in [6, 6.07) is 7.61. The van der Waals surface area contributed by atoms with Crippen molar-refractivity contribution in [1.29, 1.82) is 0 Å². The van der Waals surface area contributed by atoms with Gasteiger partial charge in [0, 0.05) is 19.2 Å². The number of nitrogen functional groups attached to an aromatic ring is 1. The number of benzene rings is 1. The van der Waals surface area contributed by atoms with E-state index in [1.165, 1.54) is 0 Å². The molecule has 23 heavy (non-hydrogen) atoms. The number of anilines is 2. The maximum atomic E-state index is 12.2. The molecule has 0 aliphatic rings. The van der Waals surface area contributed by atoms with Gasteiger partial charge in [-0.25, -0.2) is 0 Å². The van der Waals surface area contributed by atoms with Crippen molar-refractivity contribution < 1.29 is 9.53 Å². The predicted octanol–water partition coefficient (Wildman–Crippen LogP) is 2.30. The van der Waals surface area contributed by atoms with Crippen molar-refractivity contribution in [2.75, 3.05) is 24.8 Å². The number of aromatic nitrogens is 2. The molecule has 6 heteroatoms. The molecular weight excluding hydrogens is 292 g/mol. The van der Waals surface area contributed by atoms with Crippen LogP contribution in [0.3, 0.4) is 0 Å². The molecule has 3 N–H and O–H groups in total. The zero-order chi connectivity index (χ0) is 16.8. The number of hydrogen-bond donors (Lipinski definition) is 2. The molecule has 1 heterocycles. The Balaban J connectivity index is 1.97. The van der Waals surface area contributed by atoms with Crippen molar-refractivity contribution >= 4 is 17.3 Å². The lowest BCUT2D eigenvalue weighted by molar-refractivity contribution is -0.116. The zero-order valence-corrected chi connectivity index (χ0v) is 13.9. The van der Waals surface area contributed by atoms with Crippen molar-refractivity contribution in [2.24, 2.45) is 0 Å². The van der Waals surface area contributed by atoms with E-state index in [9.17, 15) is 4.79 Å². The molecule has 0 radical (unpaired) electrons. The van der Waals surface area contributed by atoms with Crippen LogP contribution in [0, 0.1) is 13.8 Å². The summed E-state index contributed by atoms with van der Waals surface area (Å²) in [5.74, 6) is -0.0363. The maximum Gasteiger partial charge on any atom is 0.224 e. The number of para-hydroxylation sites is 1. The van der Waals surface area contributed by atoms with E-state index < -0.39 is 0 Å². The summed E-state index contributed by atoms with van der Waals surface area (Å²) in [6.45, 7) is 5.09. The number of ether oxygens (including phenoxy) is 1. The van der Waals surface area contributed by atoms with Crippen LogP contribution >= 0.6 is 0 Å². The van der Waals surface area contributed by atoms with Crippen LogP contribution in [0.4, 0.5) is 11.4 Å². The molecule has 2 aromatic rings. The van der Waals surface area contributed by atoms with Gasteiger partial charge in [-0.1, -0.05) is 18.2 Å². The molecule has 2 rings (SSSR count). The van der Waals surface area contributed by atoms with Crippen molar-refractivity contribution in [2.45, 2.75) is 33.2 Å². The minimum Gasteiger partial charge on any atom is -0.399 e. The molecule has 0 atom stereocenters. The molecule has 6 nitrogen and oxygen atoms in total. The Labute approximate surface area is 136 Å². The Morgan fingerprint density at radius 3 is 2.78 bits per heavy atom. The minimum absolute atomic E-state index is 0.0363. The molecule has 0 aliphatic heterocycles. The molecule has 0 saturated heterocycles. The summed E-state index contributed by atoms with van der Waals surface area (Å²) in [7, 11) is 1.66. The Hall–Kier alpha value is -2.34. The maximum absolute atomic E-state index is 12.2. The second kappa shape index (κ2) is 7.78. The number of nitrogens with zero attached hydrogens (tertiary/aromatic N) is 2. The van der Waals surface area contributed by atoms with Gasteiger partial charge in [-0.3, -0.25) is 9.48 Å². The lowest BCUT2D eigenvalue weighted by Crippen LogP contribution is -2.14. The third kappa shape index (κ3) is 4.32. The highest BCUT2D eigenvalue weighted by molar-refractivity contribution is 5.92. The summed E-state index contributed by atoms with van der Waals surface area (Å²) < 4.78 is 6.92. The van der Waals surface area contributed by atoms with Gasteiger partial charge in [0.2, 0.25) is 5.91 Å². The van der Waals surface area contributed by atoms with E-state index in [0.29, 0.717) is 26.0 Å². The molecule has 1 aromatic heterocycles. The summed E-state index contributed by atoms with van der Waals surface area (Å²) in [5.41, 5.74) is 10.1. The van der Waals surface area contributed by atoms with Crippen molar-refractivity contribution in [3.05, 3.63) is 41.2 Å². The Morgan fingerprint density at radius 1 is 1.35 bits per heavy atom. The molecule has 0 bridgehead atoms. The molecular formula is C17H24N4O2. The van der Waals surface area contributed by atoms with Gasteiger partial charge in [-0.15, -0.1) is 0 Å². The first kappa shape index (κ1) is 17.0. The van der Waals surface area contributed by atoms with Crippen LogP contribution in [0.2, 0.25) is 0 Å². The van der Waals surface area contributed by atoms with E-state index >= 15 is 0 Å². The lowest BCUT2D eigenvalue weighted by Gasteiger charge is -2.08. The van der Waals surface area contributed by atoms with Gasteiger partial charge >= 0.3 is 0 Å². The summed E-state index contributed by atoms with van der Waals surface area (Å²) in [6.07, 6.45) is 1.00. The fourth-order valence-corrected chi connectivity index (χ4v) is 2.49. The van der Waals surface area contributed by atoms with Crippen molar-refractivity contribution in [3.63, 3.8) is 0 Å². The van der Waals surface area contributed by atoms with Crippen LogP contribution < -0.4 is 11.1 Å². The Kier molecular flexibility index (Phi) is 5.76. The van der Waals surface area contributed by atoms with Crippen LogP contribution in [0.15, 0.2) is 24.3 Å². The van der Waals surface area contributed by atoms with Gasteiger partial charge in [0.05, 0.1) is 30.2 Å². The number of carbonyl (C=O) groups is 1. The molecule has 124 valence electrons. The van der Waals surface area contributed by atoms with Gasteiger partial charge in [-0.2, -0.15) is 5.10 Å². The SMILES string of the molecule is COCCn1nc(C)c(NC(=O)CCc2ccccc2N)c1C. The topological polar surface area (TPSA) is 82.2 Å². The number of carbonyl (C=O) groups excluding carboxylic acids is 1. The molecule has 0 fully saturated rings. The highest BCUT2D eigenvalue weighted by Gasteiger charge is 2.14. The van der Waals surface area contributed by atoms with Crippen molar-refractivity contribution in [1.82, 2.24) is 9.78 Å². The van der Waals surface area contributed by atoms with Gasteiger partial charge in [0.1, 0.15) is 0 Å². The van der Waals surface area contributed by atoms with Gasteiger partial charge in [0.25, 0.3) is 0 Å². The third-order valence-corrected chi connectivity index (χ3v) is 3.83. The van der Waals surface area contributed by atoms with Gasteiger partial charge in [0.15, 0.2) is 0 Å². The number of aryl methyl sites for hydroxylation is 2. The number of methoxy groups -OCH3 is 1. The quantitative estimate of drug-likeness (QED) is 0.768. The van der Waals surface area contributed by atoms with Gasteiger partial charge in [-0.05, 0) is 31.9 Å². The largest absolute Gasteiger partial charge is 0.399 e. The van der Waals surface area contributed by atoms with Crippen LogP contribution in [0.1, 0.15) is 23.4 Å². The predicted molar refractivity (Wildman–Crippen MR) is 91.4 cm³/mol. The number of rotatable bonds is 7. The number of hydrogen-bond acceptors (Lipinski definition) is 4. The summed E-state index contributed by atoms with van der Waals surface area (Å²) in [5, 5.41) is 7.40. The lowest BCUT2D eigenvalue weighted by atomic mass is 10.1. The Bertz CT molecular complexity index is 679. The van der Waals surface area contributed by atoms with Crippen LogP contribution in [-0.2, 0) is 22.5 Å². The fourth-order valence-electron chi connectivity index (χ4n) is 2.49. The molecule has 1 amide bonds. The number of amides is 1. The zero-order valence-electron chi connectivity index (χ0n) is 13.9. The molecule has 1 aromatic carbocycles. The highest BCUT2D eigenvalue weighted by Crippen LogP contribution is 2.20. The molecule has 0 aliphatic carbocycles. The van der Waals surface area contributed by atoms with E-state index in [2.05, 4.69) is 10.4 Å². The third-order valence-electron chi connectivity index (χ3n) is 3.83. The monoisotopic (exact) mass is 316 g/mol. The second-order valence-electron chi connectivity index (χ2n) is 5.51. The summed E-state index contributed by atoms with van der Waals surface area (Å²) in [4.78, 5) is 12.2. The van der Waals surface area contributed by atoms with E-state index in [-0.39, 0.29) is 5.91 Å². The number of nitrogens with two attached hydrogens (primary N) is 1. The first-order valence-electron chi connectivity index (χ1n) is 7.69. The normalized spacial score (nSPS) is 10.7. The van der Waals surface area contributed by atoms with Crippen molar-refractivity contribution in [3.8, 4) is 0 Å². The van der Waals surface area contributed by atoms with Crippen LogP contribution in [0.25, 0.3) is 0 Å². The second-order valence-corrected chi connectivity index (χ2v) is 5.51. The standard InChI is InChI=1S/C17H24N4O2/c1-12-17(13(2)21(20-12)10-11-23-3)19-16(22)9-8-14-6-4-5-7-15(14)18/h4-7H,8-11,18H2,1-3H3,(H,19,22). The van der Waals surface area contributed by atoms with E-state index in [4.69, 9.17) is 10.5 Å². The van der Waals surface area contributed by atoms with E-state index in [1.54, 1.807) is 7.11 Å². The first-order chi connectivity index (χ1) is 11.0. The van der Waals surface area contributed by atoms with Crippen LogP contribution in [0.5, 0.6) is 0 Å².